The van der Waals surface area contributed by atoms with Crippen molar-refractivity contribution in [3.05, 3.63) is 40.7 Å². The van der Waals surface area contributed by atoms with Crippen LogP contribution < -0.4 is 4.74 Å². The maximum Gasteiger partial charge on any atom is 0.360 e. The van der Waals surface area contributed by atoms with Gasteiger partial charge in [-0.15, -0.1) is 0 Å². The number of methoxy groups -OCH3 is 2. The summed E-state index contributed by atoms with van der Waals surface area (Å²) in [4.78, 5) is 11.5. The molecule has 6 heteroatoms. The highest BCUT2D eigenvalue weighted by atomic mass is 35.5. The molecule has 0 spiro atoms. The Labute approximate surface area is 115 Å². The number of nitrogens with zero attached hydrogens (tertiary/aromatic N) is 2. The van der Waals surface area contributed by atoms with E-state index in [1.54, 1.807) is 18.7 Å². The predicted molar refractivity (Wildman–Crippen MR) is 71.2 cm³/mol. The molecule has 0 bridgehead atoms. The van der Waals surface area contributed by atoms with Crippen LogP contribution in [-0.2, 0) is 4.74 Å². The SMILES string of the molecule is COC(=O)c1nn(-c2ccc(OC)cc2)c(C)c1Cl. The van der Waals surface area contributed by atoms with Gasteiger partial charge in [-0.05, 0) is 31.2 Å². The summed E-state index contributed by atoms with van der Waals surface area (Å²) in [5.74, 6) is 0.188. The first-order valence-electron chi connectivity index (χ1n) is 5.56. The van der Waals surface area contributed by atoms with Crippen LogP contribution in [-0.4, -0.2) is 30.0 Å². The van der Waals surface area contributed by atoms with Crippen LogP contribution >= 0.6 is 11.6 Å². The molecule has 0 radical (unpaired) electrons. The predicted octanol–water partition coefficient (Wildman–Crippen LogP) is 2.63. The minimum absolute atomic E-state index is 0.109. The summed E-state index contributed by atoms with van der Waals surface area (Å²) in [5, 5.41) is 4.47. The lowest BCUT2D eigenvalue weighted by Gasteiger charge is -2.05. The number of benzene rings is 1. The second-order valence-electron chi connectivity index (χ2n) is 3.85. The molecule has 0 aliphatic heterocycles. The Morgan fingerprint density at radius 3 is 2.42 bits per heavy atom. The number of halogens is 1. The van der Waals surface area contributed by atoms with Crippen molar-refractivity contribution in [2.24, 2.45) is 0 Å². The minimum atomic E-state index is -0.555. The van der Waals surface area contributed by atoms with E-state index in [9.17, 15) is 4.79 Å². The van der Waals surface area contributed by atoms with E-state index in [-0.39, 0.29) is 5.69 Å². The molecule has 2 rings (SSSR count). The van der Waals surface area contributed by atoms with Gasteiger partial charge in [-0.3, -0.25) is 0 Å². The van der Waals surface area contributed by atoms with Crippen molar-refractivity contribution in [1.82, 2.24) is 9.78 Å². The smallest absolute Gasteiger partial charge is 0.360 e. The molecule has 0 amide bonds. The maximum absolute atomic E-state index is 11.5. The van der Waals surface area contributed by atoms with Crippen LogP contribution in [0.25, 0.3) is 5.69 Å². The van der Waals surface area contributed by atoms with Gasteiger partial charge in [0.2, 0.25) is 0 Å². The van der Waals surface area contributed by atoms with Gasteiger partial charge in [0.05, 0.1) is 30.6 Å². The summed E-state index contributed by atoms with van der Waals surface area (Å²) >= 11 is 6.09. The van der Waals surface area contributed by atoms with Gasteiger partial charge in [0.25, 0.3) is 0 Å². The van der Waals surface area contributed by atoms with Crippen LogP contribution in [0, 0.1) is 6.92 Å². The van der Waals surface area contributed by atoms with Crippen molar-refractivity contribution in [2.75, 3.05) is 14.2 Å². The molecule has 1 aromatic carbocycles. The second kappa shape index (κ2) is 5.32. The molecule has 0 aliphatic carbocycles. The largest absolute Gasteiger partial charge is 0.497 e. The van der Waals surface area contributed by atoms with Crippen molar-refractivity contribution in [1.29, 1.82) is 0 Å². The van der Waals surface area contributed by atoms with E-state index in [1.165, 1.54) is 7.11 Å². The van der Waals surface area contributed by atoms with Crippen molar-refractivity contribution in [3.63, 3.8) is 0 Å². The van der Waals surface area contributed by atoms with Gasteiger partial charge in [-0.1, -0.05) is 11.6 Å². The third-order valence-corrected chi connectivity index (χ3v) is 3.19. The van der Waals surface area contributed by atoms with Gasteiger partial charge in [0, 0.05) is 0 Å². The average molecular weight is 281 g/mol. The Balaban J connectivity index is 2.47. The summed E-state index contributed by atoms with van der Waals surface area (Å²) < 4.78 is 11.3. The molecular formula is C13H13ClN2O3. The number of hydrogen-bond donors (Lipinski definition) is 0. The molecule has 5 nitrogen and oxygen atoms in total. The Hall–Kier alpha value is -2.01. The van der Waals surface area contributed by atoms with Gasteiger partial charge < -0.3 is 9.47 Å². The number of aromatic nitrogens is 2. The summed E-state index contributed by atoms with van der Waals surface area (Å²) in [7, 11) is 2.89. The zero-order chi connectivity index (χ0) is 14.0. The molecule has 0 saturated heterocycles. The van der Waals surface area contributed by atoms with E-state index < -0.39 is 5.97 Å². The number of carbonyl (C=O) groups excluding carboxylic acids is 1. The van der Waals surface area contributed by atoms with E-state index in [2.05, 4.69) is 9.84 Å². The van der Waals surface area contributed by atoms with Crippen LogP contribution in [0.1, 0.15) is 16.2 Å². The van der Waals surface area contributed by atoms with E-state index in [4.69, 9.17) is 16.3 Å². The molecule has 0 atom stereocenters. The van der Waals surface area contributed by atoms with Crippen LogP contribution in [0.4, 0.5) is 0 Å². The fourth-order valence-electron chi connectivity index (χ4n) is 1.69. The normalized spacial score (nSPS) is 10.3. The fourth-order valence-corrected chi connectivity index (χ4v) is 1.88. The fraction of sp³-hybridized carbons (Fsp3) is 0.231. The molecule has 2 aromatic rings. The lowest BCUT2D eigenvalue weighted by Crippen LogP contribution is -2.04. The molecule has 19 heavy (non-hydrogen) atoms. The van der Waals surface area contributed by atoms with Gasteiger partial charge in [-0.25, -0.2) is 9.48 Å². The maximum atomic E-state index is 11.5. The van der Waals surface area contributed by atoms with Crippen molar-refractivity contribution < 1.29 is 14.3 Å². The number of esters is 1. The third kappa shape index (κ3) is 2.42. The first-order chi connectivity index (χ1) is 9.08. The van der Waals surface area contributed by atoms with E-state index in [0.717, 1.165) is 11.4 Å². The molecule has 100 valence electrons. The van der Waals surface area contributed by atoms with Crippen LogP contribution in [0.5, 0.6) is 5.75 Å². The van der Waals surface area contributed by atoms with Crippen molar-refractivity contribution in [3.8, 4) is 11.4 Å². The third-order valence-electron chi connectivity index (χ3n) is 2.74. The standard InChI is InChI=1S/C13H13ClN2O3/c1-8-11(14)12(13(17)19-3)15-16(8)9-4-6-10(18-2)7-5-9/h4-7H,1-3H3. The van der Waals surface area contributed by atoms with Crippen LogP contribution in [0.3, 0.4) is 0 Å². The van der Waals surface area contributed by atoms with E-state index >= 15 is 0 Å². The minimum Gasteiger partial charge on any atom is -0.497 e. The molecule has 0 saturated carbocycles. The highest BCUT2D eigenvalue weighted by Gasteiger charge is 2.20. The zero-order valence-electron chi connectivity index (χ0n) is 10.8. The molecule has 0 fully saturated rings. The number of rotatable bonds is 3. The van der Waals surface area contributed by atoms with E-state index in [1.807, 2.05) is 24.3 Å². The highest BCUT2D eigenvalue weighted by molar-refractivity contribution is 6.34. The lowest BCUT2D eigenvalue weighted by molar-refractivity contribution is 0.0593. The molecule has 1 aromatic heterocycles. The summed E-state index contributed by atoms with van der Waals surface area (Å²) in [6.07, 6.45) is 0. The van der Waals surface area contributed by atoms with Gasteiger partial charge in [-0.2, -0.15) is 5.10 Å². The lowest BCUT2D eigenvalue weighted by atomic mass is 10.3. The Morgan fingerprint density at radius 1 is 1.26 bits per heavy atom. The topological polar surface area (TPSA) is 53.3 Å². The van der Waals surface area contributed by atoms with Crippen LogP contribution in [0.2, 0.25) is 5.02 Å². The van der Waals surface area contributed by atoms with Gasteiger partial charge in [0.1, 0.15) is 5.75 Å². The molecule has 1 heterocycles. The van der Waals surface area contributed by atoms with E-state index in [0.29, 0.717) is 10.7 Å². The first-order valence-corrected chi connectivity index (χ1v) is 5.94. The zero-order valence-corrected chi connectivity index (χ0v) is 11.6. The first kappa shape index (κ1) is 13.4. The number of ether oxygens (including phenoxy) is 2. The van der Waals surface area contributed by atoms with Gasteiger partial charge >= 0.3 is 5.97 Å². The van der Waals surface area contributed by atoms with Crippen molar-refractivity contribution >= 4 is 17.6 Å². The average Bonchev–Trinajstić information content (AvgIpc) is 2.75. The summed E-state index contributed by atoms with van der Waals surface area (Å²) in [5.41, 5.74) is 1.57. The Bertz CT molecular complexity index is 605. The van der Waals surface area contributed by atoms with Crippen molar-refractivity contribution in [2.45, 2.75) is 6.92 Å². The highest BCUT2D eigenvalue weighted by Crippen LogP contribution is 2.24. The summed E-state index contributed by atoms with van der Waals surface area (Å²) in [6, 6.07) is 7.27. The molecule has 0 aliphatic rings. The molecular weight excluding hydrogens is 268 g/mol. The van der Waals surface area contributed by atoms with Gasteiger partial charge in [0.15, 0.2) is 5.69 Å². The Morgan fingerprint density at radius 2 is 1.89 bits per heavy atom. The Kier molecular flexibility index (Phi) is 3.76. The molecule has 0 N–H and O–H groups in total. The second-order valence-corrected chi connectivity index (χ2v) is 4.23. The number of hydrogen-bond acceptors (Lipinski definition) is 4. The molecule has 0 unspecified atom stereocenters. The van der Waals surface area contributed by atoms with Crippen LogP contribution in [0.15, 0.2) is 24.3 Å². The number of carbonyl (C=O) groups is 1. The summed E-state index contributed by atoms with van der Waals surface area (Å²) in [6.45, 7) is 1.78. The monoisotopic (exact) mass is 280 g/mol. The quantitative estimate of drug-likeness (QED) is 0.811.